The quantitative estimate of drug-likeness (QED) is 0.816. The molecule has 0 saturated carbocycles. The highest BCUT2D eigenvalue weighted by Crippen LogP contribution is 2.20. The van der Waals surface area contributed by atoms with Gasteiger partial charge in [-0.2, -0.15) is 0 Å². The summed E-state index contributed by atoms with van der Waals surface area (Å²) in [4.78, 5) is 26.1. The van der Waals surface area contributed by atoms with E-state index in [2.05, 4.69) is 4.98 Å². The predicted octanol–water partition coefficient (Wildman–Crippen LogP) is 1.28. The van der Waals surface area contributed by atoms with E-state index in [1.165, 1.54) is 12.1 Å². The molecule has 0 spiro atoms. The first-order valence-electron chi connectivity index (χ1n) is 4.85. The fraction of sp³-hybridized carbons (Fsp3) is 0.182. The summed E-state index contributed by atoms with van der Waals surface area (Å²) in [6, 6.07) is 2.62. The molecule has 0 aliphatic carbocycles. The fourth-order valence-corrected chi connectivity index (χ4v) is 1.71. The number of carbonyl (C=O) groups is 2. The number of aryl methyl sites for hydroxylation is 2. The van der Waals surface area contributed by atoms with Crippen LogP contribution in [0, 0.1) is 6.92 Å². The monoisotopic (exact) mass is 234 g/mol. The Morgan fingerprint density at radius 3 is 2.24 bits per heavy atom. The average Bonchev–Trinajstić information content (AvgIpc) is 2.53. The third kappa shape index (κ3) is 1.63. The molecule has 17 heavy (non-hydrogen) atoms. The van der Waals surface area contributed by atoms with Crippen molar-refractivity contribution in [3.05, 3.63) is 29.1 Å². The Morgan fingerprint density at radius 2 is 1.71 bits per heavy atom. The van der Waals surface area contributed by atoms with Crippen molar-refractivity contribution in [1.29, 1.82) is 0 Å². The molecule has 2 aromatic rings. The number of aromatic carboxylic acids is 2. The lowest BCUT2D eigenvalue weighted by Gasteiger charge is -2.02. The van der Waals surface area contributed by atoms with Crippen LogP contribution in [-0.4, -0.2) is 31.7 Å². The van der Waals surface area contributed by atoms with Gasteiger partial charge in [0, 0.05) is 7.05 Å². The average molecular weight is 234 g/mol. The summed E-state index contributed by atoms with van der Waals surface area (Å²) in [5.41, 5.74) is 0.605. The van der Waals surface area contributed by atoms with Gasteiger partial charge in [-0.15, -0.1) is 0 Å². The number of nitrogens with zero attached hydrogens (tertiary/aromatic N) is 2. The molecule has 0 bridgehead atoms. The van der Waals surface area contributed by atoms with Gasteiger partial charge in [0.25, 0.3) is 0 Å². The van der Waals surface area contributed by atoms with Crippen LogP contribution in [0.5, 0.6) is 0 Å². The molecule has 0 amide bonds. The molecule has 2 rings (SSSR count). The van der Waals surface area contributed by atoms with Crippen LogP contribution in [0.15, 0.2) is 12.1 Å². The second-order valence-electron chi connectivity index (χ2n) is 3.71. The molecule has 0 fully saturated rings. The van der Waals surface area contributed by atoms with Crippen LogP contribution in [0.4, 0.5) is 0 Å². The van der Waals surface area contributed by atoms with Crippen molar-refractivity contribution < 1.29 is 19.8 Å². The number of carboxylic acids is 2. The van der Waals surface area contributed by atoms with Crippen LogP contribution in [0.3, 0.4) is 0 Å². The molecule has 2 N–H and O–H groups in total. The van der Waals surface area contributed by atoms with Crippen molar-refractivity contribution in [1.82, 2.24) is 9.55 Å². The highest BCUT2D eigenvalue weighted by atomic mass is 16.4. The number of rotatable bonds is 2. The molecule has 0 aliphatic heterocycles. The zero-order valence-electron chi connectivity index (χ0n) is 9.26. The van der Waals surface area contributed by atoms with E-state index in [0.717, 1.165) is 0 Å². The highest BCUT2D eigenvalue weighted by Gasteiger charge is 2.19. The largest absolute Gasteiger partial charge is 0.478 e. The Hall–Kier alpha value is -2.37. The maximum atomic E-state index is 11.0. The van der Waals surface area contributed by atoms with Crippen molar-refractivity contribution in [2.24, 2.45) is 7.05 Å². The van der Waals surface area contributed by atoms with Crippen molar-refractivity contribution in [2.75, 3.05) is 0 Å². The van der Waals surface area contributed by atoms with Crippen LogP contribution in [-0.2, 0) is 7.05 Å². The number of aromatic nitrogens is 2. The van der Waals surface area contributed by atoms with Crippen LogP contribution in [0.2, 0.25) is 0 Å². The Balaban J connectivity index is 2.86. The third-order valence-electron chi connectivity index (χ3n) is 2.70. The van der Waals surface area contributed by atoms with Crippen LogP contribution >= 0.6 is 0 Å². The Bertz CT molecular complexity index is 642. The molecule has 1 aromatic carbocycles. The number of fused-ring (bicyclic) bond motifs is 1. The summed E-state index contributed by atoms with van der Waals surface area (Å²) >= 11 is 0. The SMILES string of the molecule is Cc1nc2cc(C(=O)O)c(C(=O)O)cc2n1C. The van der Waals surface area contributed by atoms with Gasteiger partial charge in [0.05, 0.1) is 22.2 Å². The molecule has 0 aliphatic rings. The van der Waals surface area contributed by atoms with E-state index < -0.39 is 11.9 Å². The maximum Gasteiger partial charge on any atom is 0.336 e. The van der Waals surface area contributed by atoms with Gasteiger partial charge in [-0.25, -0.2) is 14.6 Å². The van der Waals surface area contributed by atoms with Crippen LogP contribution in [0.25, 0.3) is 11.0 Å². The van der Waals surface area contributed by atoms with Gasteiger partial charge in [-0.3, -0.25) is 0 Å². The number of imidazole rings is 1. The van der Waals surface area contributed by atoms with Crippen LogP contribution < -0.4 is 0 Å². The Morgan fingerprint density at radius 1 is 1.18 bits per heavy atom. The zero-order chi connectivity index (χ0) is 12.7. The van der Waals surface area contributed by atoms with Crippen molar-refractivity contribution in [2.45, 2.75) is 6.92 Å². The molecular formula is C11H10N2O4. The Kier molecular flexibility index (Phi) is 2.35. The molecule has 6 heteroatoms. The first-order valence-corrected chi connectivity index (χ1v) is 4.85. The molecule has 0 atom stereocenters. The molecule has 0 radical (unpaired) electrons. The normalized spacial score (nSPS) is 10.7. The summed E-state index contributed by atoms with van der Waals surface area (Å²) in [6.07, 6.45) is 0. The summed E-state index contributed by atoms with van der Waals surface area (Å²) in [5, 5.41) is 17.9. The van der Waals surface area contributed by atoms with E-state index in [0.29, 0.717) is 16.9 Å². The summed E-state index contributed by atoms with van der Waals surface area (Å²) < 4.78 is 1.72. The van der Waals surface area contributed by atoms with Crippen molar-refractivity contribution >= 4 is 23.0 Å². The van der Waals surface area contributed by atoms with Crippen LogP contribution in [0.1, 0.15) is 26.5 Å². The van der Waals surface area contributed by atoms with E-state index in [9.17, 15) is 9.59 Å². The highest BCUT2D eigenvalue weighted by molar-refractivity contribution is 6.05. The van der Waals surface area contributed by atoms with E-state index in [1.807, 2.05) is 0 Å². The van der Waals surface area contributed by atoms with Gasteiger partial charge < -0.3 is 14.8 Å². The lowest BCUT2D eigenvalue weighted by molar-refractivity contribution is 0.0652. The second-order valence-corrected chi connectivity index (χ2v) is 3.71. The second kappa shape index (κ2) is 3.58. The molecule has 0 unspecified atom stereocenters. The zero-order valence-corrected chi connectivity index (χ0v) is 9.26. The number of hydrogen-bond donors (Lipinski definition) is 2. The smallest absolute Gasteiger partial charge is 0.336 e. The number of hydrogen-bond acceptors (Lipinski definition) is 3. The molecule has 6 nitrogen and oxygen atoms in total. The van der Waals surface area contributed by atoms with Gasteiger partial charge in [-0.05, 0) is 19.1 Å². The van der Waals surface area contributed by atoms with Gasteiger partial charge in [0.15, 0.2) is 0 Å². The molecule has 88 valence electrons. The summed E-state index contributed by atoms with van der Waals surface area (Å²) in [5.74, 6) is -1.84. The molecule has 0 saturated heterocycles. The minimum Gasteiger partial charge on any atom is -0.478 e. The predicted molar refractivity (Wildman–Crippen MR) is 59.4 cm³/mol. The van der Waals surface area contributed by atoms with Gasteiger partial charge in [0.1, 0.15) is 5.82 Å². The van der Waals surface area contributed by atoms with Gasteiger partial charge in [0.2, 0.25) is 0 Å². The van der Waals surface area contributed by atoms with Gasteiger partial charge in [-0.1, -0.05) is 0 Å². The molecule has 1 aromatic heterocycles. The Labute approximate surface area is 96.1 Å². The summed E-state index contributed by atoms with van der Waals surface area (Å²) in [6.45, 7) is 1.76. The third-order valence-corrected chi connectivity index (χ3v) is 2.70. The first kappa shape index (κ1) is 11.1. The number of carboxylic acid groups (broad SMARTS) is 2. The van der Waals surface area contributed by atoms with E-state index in [1.54, 1.807) is 18.5 Å². The van der Waals surface area contributed by atoms with Crippen molar-refractivity contribution in [3.63, 3.8) is 0 Å². The lowest BCUT2D eigenvalue weighted by Crippen LogP contribution is -2.08. The van der Waals surface area contributed by atoms with E-state index in [4.69, 9.17) is 10.2 Å². The molecular weight excluding hydrogens is 224 g/mol. The first-order chi connectivity index (χ1) is 7.91. The standard InChI is InChI=1S/C11H10N2O4/c1-5-12-8-3-6(10(14)15)7(11(16)17)4-9(8)13(5)2/h3-4H,1-2H3,(H,14,15)(H,16,17). The lowest BCUT2D eigenvalue weighted by atomic mass is 10.1. The maximum absolute atomic E-state index is 11.0. The molecule has 1 heterocycles. The summed E-state index contributed by atoms with van der Waals surface area (Å²) in [7, 11) is 1.75. The van der Waals surface area contributed by atoms with Crippen molar-refractivity contribution in [3.8, 4) is 0 Å². The minimum atomic E-state index is -1.27. The van der Waals surface area contributed by atoms with E-state index >= 15 is 0 Å². The van der Waals surface area contributed by atoms with Gasteiger partial charge >= 0.3 is 11.9 Å². The van der Waals surface area contributed by atoms with E-state index in [-0.39, 0.29) is 11.1 Å². The topological polar surface area (TPSA) is 92.4 Å². The fourth-order valence-electron chi connectivity index (χ4n) is 1.71. The minimum absolute atomic E-state index is 0.229. The number of benzene rings is 1.